The molecule has 0 aliphatic carbocycles. The Kier molecular flexibility index (Phi) is 23.7. The molecule has 0 bridgehead atoms. The van der Waals surface area contributed by atoms with E-state index < -0.39 is 120 Å². The molecule has 0 saturated carbocycles. The highest BCUT2D eigenvalue weighted by Gasteiger charge is 2.35. The van der Waals surface area contributed by atoms with E-state index in [0.29, 0.717) is 19.3 Å². The predicted molar refractivity (Wildman–Crippen MR) is 198 cm³/mol. The number of hydrogen-bond donors (Lipinski definition) is 14. The molecule has 23 heteroatoms. The Bertz CT molecular complexity index is 1360. The van der Waals surface area contributed by atoms with Gasteiger partial charge in [-0.3, -0.25) is 43.2 Å². The molecule has 0 rings (SSSR count). The summed E-state index contributed by atoms with van der Waals surface area (Å²) in [6.07, 6.45) is -2.46. The molecule has 0 saturated heterocycles. The number of carbonyl (C=O) groups excluding carboxylic acids is 7. The Labute approximate surface area is 324 Å². The van der Waals surface area contributed by atoms with Gasteiger partial charge in [0.25, 0.3) is 0 Å². The molecule has 0 fully saturated rings. The fourth-order valence-electron chi connectivity index (χ4n) is 4.83. The first-order valence-electron chi connectivity index (χ1n) is 18.2. The van der Waals surface area contributed by atoms with Crippen LogP contribution in [0.3, 0.4) is 0 Å². The van der Waals surface area contributed by atoms with Crippen LogP contribution in [-0.4, -0.2) is 147 Å². The third kappa shape index (κ3) is 19.1. The Morgan fingerprint density at radius 2 is 0.857 bits per heavy atom. The average Bonchev–Trinajstić information content (AvgIpc) is 3.10. The Hall–Kier alpha value is -4.97. The summed E-state index contributed by atoms with van der Waals surface area (Å²) in [7, 11) is 0. The van der Waals surface area contributed by atoms with E-state index in [9.17, 15) is 58.5 Å². The average molecular weight is 805 g/mol. The molecular weight excluding hydrogens is 744 g/mol. The number of amides is 7. The van der Waals surface area contributed by atoms with Gasteiger partial charge < -0.3 is 74.8 Å². The first kappa shape index (κ1) is 51.0. The predicted octanol–water partition coefficient (Wildman–Crippen LogP) is -5.65. The van der Waals surface area contributed by atoms with E-state index in [1.54, 1.807) is 0 Å². The van der Waals surface area contributed by atoms with Crippen LogP contribution in [0.4, 0.5) is 0 Å². The van der Waals surface area contributed by atoms with Crippen molar-refractivity contribution in [1.29, 1.82) is 0 Å². The summed E-state index contributed by atoms with van der Waals surface area (Å²) in [6, 6.07) is -11.5. The summed E-state index contributed by atoms with van der Waals surface area (Å²) in [4.78, 5) is 114. The van der Waals surface area contributed by atoms with Crippen LogP contribution in [0.1, 0.15) is 79.6 Å². The van der Waals surface area contributed by atoms with Crippen molar-refractivity contribution in [3.8, 4) is 0 Å². The molecule has 0 aliphatic rings. The van der Waals surface area contributed by atoms with Gasteiger partial charge in [0.2, 0.25) is 41.4 Å². The number of unbranched alkanes of at least 4 members (excludes halogenated alkanes) is 2. The molecule has 0 aliphatic heterocycles. The lowest BCUT2D eigenvalue weighted by Gasteiger charge is -2.28. The van der Waals surface area contributed by atoms with Crippen LogP contribution in [0.5, 0.6) is 0 Å². The van der Waals surface area contributed by atoms with E-state index in [1.165, 1.54) is 27.7 Å². The quantitative estimate of drug-likeness (QED) is 0.0344. The van der Waals surface area contributed by atoms with Crippen LogP contribution in [0.15, 0.2) is 0 Å². The van der Waals surface area contributed by atoms with Crippen LogP contribution in [0.2, 0.25) is 0 Å². The fraction of sp³-hybridized carbons (Fsp3) is 0.727. The lowest BCUT2D eigenvalue weighted by molar-refractivity contribution is -0.143. The lowest BCUT2D eigenvalue weighted by atomic mass is 10.0. The number of hydrogen-bond acceptors (Lipinski definition) is 14. The van der Waals surface area contributed by atoms with E-state index in [1.807, 2.05) is 0 Å². The lowest BCUT2D eigenvalue weighted by Crippen LogP contribution is -2.62. The zero-order chi connectivity index (χ0) is 43.3. The Morgan fingerprint density at radius 3 is 1.27 bits per heavy atom. The van der Waals surface area contributed by atoms with Crippen molar-refractivity contribution in [3.63, 3.8) is 0 Å². The van der Waals surface area contributed by atoms with Crippen molar-refractivity contribution in [1.82, 2.24) is 37.2 Å². The van der Waals surface area contributed by atoms with Gasteiger partial charge in [-0.25, -0.2) is 0 Å². The molecule has 0 aromatic rings. The van der Waals surface area contributed by atoms with Crippen molar-refractivity contribution in [2.24, 2.45) is 17.2 Å². The van der Waals surface area contributed by atoms with Crippen molar-refractivity contribution in [2.75, 3.05) is 13.1 Å². The van der Waals surface area contributed by atoms with Gasteiger partial charge in [-0.15, -0.1) is 0 Å². The molecule has 10 atom stereocenters. The summed E-state index contributed by atoms with van der Waals surface area (Å²) >= 11 is 0. The SMILES string of the molecule is C[C@H](N)C(=O)N[C@H](C(=O)N[C@@H](CCCCN)C(=O)N[C@H](C(=O)N[C@@H](C)C(=O)N[C@@H](CCCCN)C(=O)N[C@@H](CC(=O)O)C(=O)N[C@@H](C)C(=O)O)[C@@H](C)O)[C@@H](C)O. The van der Waals surface area contributed by atoms with E-state index in [-0.39, 0.29) is 32.4 Å². The molecule has 0 aromatic heterocycles. The number of nitrogens with one attached hydrogen (secondary N) is 7. The summed E-state index contributed by atoms with van der Waals surface area (Å²) < 4.78 is 0. The van der Waals surface area contributed by atoms with Crippen molar-refractivity contribution >= 4 is 53.3 Å². The summed E-state index contributed by atoms with van der Waals surface area (Å²) in [6.45, 7) is 6.58. The number of carboxylic acids is 2. The van der Waals surface area contributed by atoms with E-state index in [2.05, 4.69) is 37.2 Å². The van der Waals surface area contributed by atoms with Gasteiger partial charge in [-0.05, 0) is 86.2 Å². The number of rotatable bonds is 27. The highest BCUT2D eigenvalue weighted by atomic mass is 16.4. The highest BCUT2D eigenvalue weighted by molar-refractivity contribution is 5.98. The van der Waals surface area contributed by atoms with Crippen LogP contribution in [0.25, 0.3) is 0 Å². The summed E-state index contributed by atoms with van der Waals surface area (Å²) in [5.41, 5.74) is 16.7. The second-order valence-electron chi connectivity index (χ2n) is 13.4. The maximum Gasteiger partial charge on any atom is 0.325 e. The molecule has 0 unspecified atom stereocenters. The number of nitrogens with two attached hydrogens (primary N) is 3. The first-order chi connectivity index (χ1) is 26.1. The smallest absolute Gasteiger partial charge is 0.325 e. The zero-order valence-electron chi connectivity index (χ0n) is 32.3. The van der Waals surface area contributed by atoms with Crippen LogP contribution >= 0.6 is 0 Å². The van der Waals surface area contributed by atoms with E-state index in [4.69, 9.17) is 22.3 Å². The van der Waals surface area contributed by atoms with Gasteiger partial charge in [0.1, 0.15) is 42.3 Å². The number of aliphatic carboxylic acids is 2. The Morgan fingerprint density at radius 1 is 0.482 bits per heavy atom. The molecule has 0 radical (unpaired) electrons. The molecule has 17 N–H and O–H groups in total. The topological polar surface area (TPSA) is 397 Å². The fourth-order valence-corrected chi connectivity index (χ4v) is 4.83. The normalized spacial score (nSPS) is 16.4. The van der Waals surface area contributed by atoms with Gasteiger partial charge in [-0.1, -0.05) is 0 Å². The minimum Gasteiger partial charge on any atom is -0.481 e. The van der Waals surface area contributed by atoms with Crippen molar-refractivity contribution < 1.29 is 63.6 Å². The second kappa shape index (κ2) is 26.0. The molecule has 320 valence electrons. The minimum atomic E-state index is -1.72. The highest BCUT2D eigenvalue weighted by Crippen LogP contribution is 2.07. The van der Waals surface area contributed by atoms with Gasteiger partial charge in [0.15, 0.2) is 0 Å². The molecule has 0 aromatic carbocycles. The summed E-state index contributed by atoms with van der Waals surface area (Å²) in [5.74, 6) is -9.64. The van der Waals surface area contributed by atoms with Crippen LogP contribution in [0, 0.1) is 0 Å². The zero-order valence-corrected chi connectivity index (χ0v) is 32.3. The van der Waals surface area contributed by atoms with Gasteiger partial charge >= 0.3 is 11.9 Å². The van der Waals surface area contributed by atoms with Crippen molar-refractivity contribution in [3.05, 3.63) is 0 Å². The number of carboxylic acid groups (broad SMARTS) is 2. The molecule has 7 amide bonds. The molecule has 0 heterocycles. The minimum absolute atomic E-state index is 0.00330. The molecular formula is C33H60N10O13. The van der Waals surface area contributed by atoms with Crippen molar-refractivity contribution in [2.45, 2.75) is 140 Å². The Balaban J connectivity index is 6.03. The number of aliphatic hydroxyl groups is 2. The maximum atomic E-state index is 13.4. The number of aliphatic hydroxyl groups excluding tert-OH is 2. The first-order valence-corrected chi connectivity index (χ1v) is 18.2. The monoisotopic (exact) mass is 804 g/mol. The van der Waals surface area contributed by atoms with E-state index >= 15 is 0 Å². The van der Waals surface area contributed by atoms with Gasteiger partial charge in [-0.2, -0.15) is 0 Å². The largest absolute Gasteiger partial charge is 0.481 e. The molecule has 23 nitrogen and oxygen atoms in total. The van der Waals surface area contributed by atoms with Gasteiger partial charge in [0, 0.05) is 0 Å². The molecule has 56 heavy (non-hydrogen) atoms. The summed E-state index contributed by atoms with van der Waals surface area (Å²) in [5, 5.41) is 55.0. The van der Waals surface area contributed by atoms with Crippen LogP contribution in [-0.2, 0) is 43.2 Å². The number of carbonyl (C=O) groups is 9. The second-order valence-corrected chi connectivity index (χ2v) is 13.4. The molecule has 0 spiro atoms. The third-order valence-corrected chi connectivity index (χ3v) is 8.19. The van der Waals surface area contributed by atoms with Gasteiger partial charge in [0.05, 0.1) is 24.7 Å². The third-order valence-electron chi connectivity index (χ3n) is 8.19. The van der Waals surface area contributed by atoms with E-state index in [0.717, 1.165) is 6.92 Å². The standard InChI is InChI=1S/C33H60N10O13/c1-15(36)26(48)42-25(19(5)45)32(54)40-21(11-7-9-13-35)29(51)43-24(18(4)44)31(53)37-16(2)27(49)39-20(10-6-8-12-34)28(50)41-22(14-23(46)47)30(52)38-17(3)33(55)56/h15-22,24-25,44-45H,6-14,34-36H2,1-5H3,(H,37,53)(H,38,52)(H,39,49)(H,40,54)(H,41,50)(H,42,48)(H,43,51)(H,46,47)(H,55,56)/t15-,16-,17-,18+,19+,20-,21-,22-,24-,25-/m0/s1. The maximum absolute atomic E-state index is 13.4. The van der Waals surface area contributed by atoms with Crippen LogP contribution < -0.4 is 54.4 Å².